The zero-order valence-electron chi connectivity index (χ0n) is 13.7. The van der Waals surface area contributed by atoms with Crippen LogP contribution in [0.5, 0.6) is 17.4 Å². The van der Waals surface area contributed by atoms with Gasteiger partial charge in [-0.15, -0.1) is 0 Å². The second-order valence-corrected chi connectivity index (χ2v) is 6.07. The number of para-hydroxylation sites is 2. The second-order valence-electron chi connectivity index (χ2n) is 6.07. The van der Waals surface area contributed by atoms with Gasteiger partial charge in [-0.1, -0.05) is 12.1 Å². The Morgan fingerprint density at radius 2 is 2.12 bits per heavy atom. The maximum Gasteiger partial charge on any atom is 0.267 e. The van der Waals surface area contributed by atoms with E-state index in [1.807, 2.05) is 24.3 Å². The Bertz CT molecular complexity index is 740. The molecular formula is C18H19N3O4. The molecule has 1 amide bonds. The summed E-state index contributed by atoms with van der Waals surface area (Å²) < 4.78 is 17.3. The van der Waals surface area contributed by atoms with Crippen molar-refractivity contribution in [3.05, 3.63) is 42.9 Å². The third-order valence-corrected chi connectivity index (χ3v) is 4.30. The van der Waals surface area contributed by atoms with Gasteiger partial charge in [0.2, 0.25) is 12.0 Å². The van der Waals surface area contributed by atoms with E-state index in [2.05, 4.69) is 9.97 Å². The summed E-state index contributed by atoms with van der Waals surface area (Å²) >= 11 is 0. The number of ether oxygens (including phenoxy) is 3. The Labute approximate surface area is 145 Å². The third kappa shape index (κ3) is 3.50. The van der Waals surface area contributed by atoms with E-state index in [1.54, 1.807) is 23.5 Å². The molecule has 0 aliphatic carbocycles. The van der Waals surface area contributed by atoms with Gasteiger partial charge in [-0.3, -0.25) is 9.78 Å². The summed E-state index contributed by atoms with van der Waals surface area (Å²) in [5.41, 5.74) is 0. The molecule has 0 unspecified atom stereocenters. The fraction of sp³-hybridized carbons (Fsp3) is 0.389. The summed E-state index contributed by atoms with van der Waals surface area (Å²) in [5, 5.41) is 0. The summed E-state index contributed by atoms with van der Waals surface area (Å²) in [6.45, 7) is 1.43. The lowest BCUT2D eigenvalue weighted by Gasteiger charge is -2.35. The highest BCUT2D eigenvalue weighted by atomic mass is 16.6. The number of aromatic nitrogens is 2. The molecule has 0 saturated carbocycles. The van der Waals surface area contributed by atoms with Gasteiger partial charge in [0.1, 0.15) is 12.7 Å². The molecular weight excluding hydrogens is 322 g/mol. The fourth-order valence-corrected chi connectivity index (χ4v) is 3.10. The molecule has 3 heterocycles. The number of rotatable bonds is 3. The molecule has 130 valence electrons. The van der Waals surface area contributed by atoms with Gasteiger partial charge in [0.25, 0.3) is 5.91 Å². The first kappa shape index (κ1) is 15.7. The molecule has 2 aliphatic rings. The van der Waals surface area contributed by atoms with E-state index in [-0.39, 0.29) is 18.6 Å². The van der Waals surface area contributed by atoms with E-state index in [4.69, 9.17) is 14.2 Å². The van der Waals surface area contributed by atoms with Crippen molar-refractivity contribution in [3.8, 4) is 17.4 Å². The normalized spacial score (nSPS) is 22.3. The van der Waals surface area contributed by atoms with Crippen LogP contribution in [0, 0.1) is 0 Å². The summed E-state index contributed by atoms with van der Waals surface area (Å²) in [6.07, 6.45) is 5.81. The molecule has 0 N–H and O–H groups in total. The number of hydrogen-bond donors (Lipinski definition) is 0. The van der Waals surface area contributed by atoms with Crippen molar-refractivity contribution in [2.75, 3.05) is 19.7 Å². The van der Waals surface area contributed by atoms with E-state index in [0.717, 1.165) is 12.8 Å². The first-order valence-corrected chi connectivity index (χ1v) is 8.39. The Hall–Kier alpha value is -2.83. The number of amides is 1. The van der Waals surface area contributed by atoms with E-state index in [1.165, 1.54) is 0 Å². The van der Waals surface area contributed by atoms with Gasteiger partial charge >= 0.3 is 0 Å². The van der Waals surface area contributed by atoms with E-state index < -0.39 is 6.10 Å². The molecule has 4 rings (SSSR count). The van der Waals surface area contributed by atoms with Crippen molar-refractivity contribution in [2.45, 2.75) is 25.0 Å². The maximum atomic E-state index is 12.8. The van der Waals surface area contributed by atoms with Crippen LogP contribution in [0.2, 0.25) is 0 Å². The number of hydrogen-bond acceptors (Lipinski definition) is 6. The monoisotopic (exact) mass is 341 g/mol. The van der Waals surface area contributed by atoms with Crippen molar-refractivity contribution in [2.24, 2.45) is 0 Å². The highest BCUT2D eigenvalue weighted by Crippen LogP contribution is 2.31. The molecule has 25 heavy (non-hydrogen) atoms. The van der Waals surface area contributed by atoms with Crippen LogP contribution in [0.3, 0.4) is 0 Å². The highest BCUT2D eigenvalue weighted by molar-refractivity contribution is 5.82. The van der Waals surface area contributed by atoms with Gasteiger partial charge in [0, 0.05) is 18.9 Å². The van der Waals surface area contributed by atoms with Crippen LogP contribution < -0.4 is 14.2 Å². The largest absolute Gasteiger partial charge is 0.485 e. The minimum absolute atomic E-state index is 0.0676. The number of carbonyl (C=O) groups is 1. The quantitative estimate of drug-likeness (QED) is 0.846. The Morgan fingerprint density at radius 3 is 2.96 bits per heavy atom. The first-order valence-electron chi connectivity index (χ1n) is 8.39. The lowest BCUT2D eigenvalue weighted by molar-refractivity contribution is -0.143. The Morgan fingerprint density at radius 1 is 1.24 bits per heavy atom. The Balaban J connectivity index is 1.39. The van der Waals surface area contributed by atoms with Crippen LogP contribution >= 0.6 is 0 Å². The summed E-state index contributed by atoms with van der Waals surface area (Å²) in [4.78, 5) is 22.7. The van der Waals surface area contributed by atoms with Crippen molar-refractivity contribution >= 4 is 5.91 Å². The number of nitrogens with zero attached hydrogens (tertiary/aromatic N) is 3. The summed E-state index contributed by atoms with van der Waals surface area (Å²) in [7, 11) is 0. The van der Waals surface area contributed by atoms with E-state index in [0.29, 0.717) is 30.5 Å². The predicted octanol–water partition coefficient (Wildman–Crippen LogP) is 1.69. The van der Waals surface area contributed by atoms with Gasteiger partial charge in [-0.2, -0.15) is 0 Å². The van der Waals surface area contributed by atoms with Crippen molar-refractivity contribution in [3.63, 3.8) is 0 Å². The minimum Gasteiger partial charge on any atom is -0.485 e. The van der Waals surface area contributed by atoms with Crippen LogP contribution in [-0.4, -0.2) is 52.7 Å². The molecule has 1 aromatic heterocycles. The van der Waals surface area contributed by atoms with E-state index in [9.17, 15) is 4.79 Å². The molecule has 7 heteroatoms. The molecule has 7 nitrogen and oxygen atoms in total. The molecule has 0 bridgehead atoms. The zero-order chi connectivity index (χ0) is 17.1. The van der Waals surface area contributed by atoms with Crippen LogP contribution in [0.1, 0.15) is 12.8 Å². The number of piperidine rings is 1. The molecule has 0 spiro atoms. The lowest BCUT2D eigenvalue weighted by atomic mass is 10.1. The number of likely N-dealkylation sites (tertiary alicyclic amines) is 1. The maximum absolute atomic E-state index is 12.8. The number of fused-ring (bicyclic) bond motifs is 1. The smallest absolute Gasteiger partial charge is 0.267 e. The minimum atomic E-state index is -0.620. The summed E-state index contributed by atoms with van der Waals surface area (Å²) in [5.74, 6) is 1.69. The molecule has 1 saturated heterocycles. The van der Waals surface area contributed by atoms with Gasteiger partial charge in [-0.25, -0.2) is 4.98 Å². The average Bonchev–Trinajstić information content (AvgIpc) is 2.68. The lowest BCUT2D eigenvalue weighted by Crippen LogP contribution is -2.51. The van der Waals surface area contributed by atoms with Crippen molar-refractivity contribution in [1.82, 2.24) is 14.9 Å². The van der Waals surface area contributed by atoms with Gasteiger partial charge in [-0.05, 0) is 25.0 Å². The molecule has 1 aromatic carbocycles. The topological polar surface area (TPSA) is 73.8 Å². The van der Waals surface area contributed by atoms with Crippen LogP contribution in [0.4, 0.5) is 0 Å². The molecule has 2 aromatic rings. The van der Waals surface area contributed by atoms with Crippen LogP contribution in [-0.2, 0) is 4.79 Å². The Kier molecular flexibility index (Phi) is 4.37. The second kappa shape index (κ2) is 6.96. The standard InChI is InChI=1S/C18H19N3O4/c22-18(16-12-23-14-5-1-2-6-15(14)25-16)21-9-3-4-13(11-21)24-17-10-19-7-8-20-17/h1-2,5-8,10,13,16H,3-4,9,11-12H2/t13-,16+/m0/s1. The summed E-state index contributed by atoms with van der Waals surface area (Å²) in [6, 6.07) is 7.39. The SMILES string of the molecule is O=C([C@H]1COc2ccccc2O1)N1CCC[C@H](Oc2cnccn2)C1. The number of carbonyl (C=O) groups excluding carboxylic acids is 1. The van der Waals surface area contributed by atoms with Crippen molar-refractivity contribution < 1.29 is 19.0 Å². The van der Waals surface area contributed by atoms with Gasteiger partial charge in [0.05, 0.1) is 12.7 Å². The van der Waals surface area contributed by atoms with Crippen LogP contribution in [0.25, 0.3) is 0 Å². The van der Waals surface area contributed by atoms with E-state index >= 15 is 0 Å². The van der Waals surface area contributed by atoms with Crippen LogP contribution in [0.15, 0.2) is 42.9 Å². The molecule has 2 atom stereocenters. The fourth-order valence-electron chi connectivity index (χ4n) is 3.10. The number of benzene rings is 1. The molecule has 0 radical (unpaired) electrons. The predicted molar refractivity (Wildman–Crippen MR) is 88.6 cm³/mol. The average molecular weight is 341 g/mol. The van der Waals surface area contributed by atoms with Gasteiger partial charge in [0.15, 0.2) is 11.5 Å². The molecule has 2 aliphatic heterocycles. The molecule has 1 fully saturated rings. The highest BCUT2D eigenvalue weighted by Gasteiger charge is 2.34. The van der Waals surface area contributed by atoms with Gasteiger partial charge < -0.3 is 19.1 Å². The first-order chi connectivity index (χ1) is 12.3. The third-order valence-electron chi connectivity index (χ3n) is 4.30. The van der Waals surface area contributed by atoms with Crippen molar-refractivity contribution in [1.29, 1.82) is 0 Å². The zero-order valence-corrected chi connectivity index (χ0v) is 13.7.